The third-order valence-electron chi connectivity index (χ3n) is 4.54. The highest BCUT2D eigenvalue weighted by atomic mass is 16.5. The van der Waals surface area contributed by atoms with Crippen molar-refractivity contribution in [2.45, 2.75) is 13.5 Å². The zero-order valence-corrected chi connectivity index (χ0v) is 13.7. The van der Waals surface area contributed by atoms with E-state index in [1.165, 1.54) is 0 Å². The smallest absolute Gasteiger partial charge is 0.167 e. The second-order valence-corrected chi connectivity index (χ2v) is 5.78. The second kappa shape index (κ2) is 5.57. The first-order chi connectivity index (χ1) is 11.8. The SMILES string of the molecule is CCn1c(C=O)c(-c2cc3ccccc3[nH]2)c2cc(OC)ccc21. The molecule has 0 radical (unpaired) electrons. The number of rotatable bonds is 4. The van der Waals surface area contributed by atoms with Crippen LogP contribution in [0, 0.1) is 0 Å². The molecule has 2 aromatic carbocycles. The lowest BCUT2D eigenvalue weighted by Gasteiger charge is -2.03. The monoisotopic (exact) mass is 318 g/mol. The van der Waals surface area contributed by atoms with Gasteiger partial charge in [0.15, 0.2) is 6.29 Å². The first-order valence-corrected chi connectivity index (χ1v) is 8.00. The van der Waals surface area contributed by atoms with Gasteiger partial charge in [0.05, 0.1) is 12.8 Å². The molecule has 4 rings (SSSR count). The van der Waals surface area contributed by atoms with E-state index in [1.54, 1.807) is 7.11 Å². The van der Waals surface area contributed by atoms with Gasteiger partial charge in [0.25, 0.3) is 0 Å². The fourth-order valence-electron chi connectivity index (χ4n) is 3.43. The van der Waals surface area contributed by atoms with Gasteiger partial charge in [0, 0.05) is 39.6 Å². The Hall–Kier alpha value is -3.01. The molecule has 0 unspecified atom stereocenters. The Kier molecular flexibility index (Phi) is 3.38. The Morgan fingerprint density at radius 2 is 2.00 bits per heavy atom. The van der Waals surface area contributed by atoms with E-state index < -0.39 is 0 Å². The summed E-state index contributed by atoms with van der Waals surface area (Å²) in [6, 6.07) is 16.1. The molecule has 0 bridgehead atoms. The summed E-state index contributed by atoms with van der Waals surface area (Å²) in [5.74, 6) is 0.783. The maximum absolute atomic E-state index is 11.9. The van der Waals surface area contributed by atoms with Gasteiger partial charge >= 0.3 is 0 Å². The maximum atomic E-state index is 11.9. The Morgan fingerprint density at radius 1 is 1.17 bits per heavy atom. The number of ether oxygens (including phenoxy) is 1. The molecule has 0 aliphatic carbocycles. The van der Waals surface area contributed by atoms with Gasteiger partial charge in [0.1, 0.15) is 5.75 Å². The number of benzene rings is 2. The zero-order chi connectivity index (χ0) is 16.7. The maximum Gasteiger partial charge on any atom is 0.167 e. The van der Waals surface area contributed by atoms with Crippen molar-refractivity contribution in [3.63, 3.8) is 0 Å². The number of hydrogen-bond donors (Lipinski definition) is 1. The number of aldehydes is 1. The summed E-state index contributed by atoms with van der Waals surface area (Å²) in [5, 5.41) is 2.15. The molecule has 1 N–H and O–H groups in total. The molecule has 4 heteroatoms. The van der Waals surface area contributed by atoms with Gasteiger partial charge in [0.2, 0.25) is 0 Å². The Labute approximate surface area is 139 Å². The molecule has 0 amide bonds. The largest absolute Gasteiger partial charge is 0.497 e. The number of aromatic nitrogens is 2. The van der Waals surface area contributed by atoms with Crippen LogP contribution in [-0.2, 0) is 6.54 Å². The summed E-state index contributed by atoms with van der Waals surface area (Å²) >= 11 is 0. The molecular formula is C20H18N2O2. The van der Waals surface area contributed by atoms with Crippen molar-refractivity contribution in [3.05, 3.63) is 54.2 Å². The Morgan fingerprint density at radius 3 is 2.71 bits per heavy atom. The molecule has 4 aromatic rings. The number of aromatic amines is 1. The number of nitrogens with zero attached hydrogens (tertiary/aromatic N) is 1. The van der Waals surface area contributed by atoms with Crippen molar-refractivity contribution in [1.82, 2.24) is 9.55 Å². The zero-order valence-electron chi connectivity index (χ0n) is 13.7. The number of aryl methyl sites for hydroxylation is 1. The van der Waals surface area contributed by atoms with Crippen LogP contribution in [0.3, 0.4) is 0 Å². The first-order valence-electron chi connectivity index (χ1n) is 8.00. The molecule has 24 heavy (non-hydrogen) atoms. The van der Waals surface area contributed by atoms with Crippen LogP contribution in [0.15, 0.2) is 48.5 Å². The number of para-hydroxylation sites is 1. The number of carbonyl (C=O) groups is 1. The molecule has 0 aliphatic heterocycles. The summed E-state index contributed by atoms with van der Waals surface area (Å²) < 4.78 is 7.42. The third kappa shape index (κ3) is 2.03. The fraction of sp³-hybridized carbons (Fsp3) is 0.150. The van der Waals surface area contributed by atoms with E-state index in [0.29, 0.717) is 5.69 Å². The molecule has 120 valence electrons. The van der Waals surface area contributed by atoms with Crippen molar-refractivity contribution in [2.75, 3.05) is 7.11 Å². The van der Waals surface area contributed by atoms with Crippen LogP contribution in [0.2, 0.25) is 0 Å². The predicted molar refractivity (Wildman–Crippen MR) is 96.8 cm³/mol. The Bertz CT molecular complexity index is 1020. The van der Waals surface area contributed by atoms with Crippen LogP contribution in [0.25, 0.3) is 33.1 Å². The van der Waals surface area contributed by atoms with E-state index in [-0.39, 0.29) is 0 Å². The minimum absolute atomic E-state index is 0.687. The van der Waals surface area contributed by atoms with Gasteiger partial charge in [-0.15, -0.1) is 0 Å². The van der Waals surface area contributed by atoms with E-state index in [9.17, 15) is 4.79 Å². The standard InChI is InChI=1S/C20H18N2O2/c1-3-22-18-9-8-14(24-2)11-15(18)20(19(22)12-23)17-10-13-6-4-5-7-16(13)21-17/h4-12,21H,3H2,1-2H3. The number of nitrogens with one attached hydrogen (secondary N) is 1. The van der Waals surface area contributed by atoms with Gasteiger partial charge in [-0.2, -0.15) is 0 Å². The normalized spacial score (nSPS) is 11.2. The average Bonchev–Trinajstić information content (AvgIpc) is 3.18. The van der Waals surface area contributed by atoms with Crippen molar-refractivity contribution in [2.24, 2.45) is 0 Å². The number of hydrogen-bond acceptors (Lipinski definition) is 2. The Balaban J connectivity index is 2.10. The van der Waals surface area contributed by atoms with Gasteiger partial charge in [-0.3, -0.25) is 4.79 Å². The van der Waals surface area contributed by atoms with E-state index >= 15 is 0 Å². The van der Waals surface area contributed by atoms with Gasteiger partial charge in [-0.05, 0) is 37.3 Å². The van der Waals surface area contributed by atoms with Crippen LogP contribution in [0.5, 0.6) is 5.75 Å². The number of fused-ring (bicyclic) bond motifs is 2. The van der Waals surface area contributed by atoms with E-state index in [4.69, 9.17) is 4.74 Å². The minimum Gasteiger partial charge on any atom is -0.497 e. The molecule has 2 heterocycles. The van der Waals surface area contributed by atoms with Crippen LogP contribution in [-0.4, -0.2) is 22.9 Å². The van der Waals surface area contributed by atoms with Crippen LogP contribution >= 0.6 is 0 Å². The summed E-state index contributed by atoms with van der Waals surface area (Å²) in [5.41, 5.74) is 4.66. The molecule has 4 nitrogen and oxygen atoms in total. The lowest BCUT2D eigenvalue weighted by molar-refractivity contribution is 0.111. The van der Waals surface area contributed by atoms with E-state index in [1.807, 2.05) is 47.9 Å². The van der Waals surface area contributed by atoms with Gasteiger partial charge in [-0.25, -0.2) is 0 Å². The summed E-state index contributed by atoms with van der Waals surface area (Å²) in [4.78, 5) is 15.3. The quantitative estimate of drug-likeness (QED) is 0.558. The minimum atomic E-state index is 0.687. The highest BCUT2D eigenvalue weighted by Crippen LogP contribution is 2.37. The predicted octanol–water partition coefficient (Wildman–Crippen LogP) is 4.63. The van der Waals surface area contributed by atoms with Crippen molar-refractivity contribution >= 4 is 28.1 Å². The van der Waals surface area contributed by atoms with Gasteiger partial charge in [-0.1, -0.05) is 18.2 Å². The molecule has 0 saturated carbocycles. The molecule has 0 spiro atoms. The van der Waals surface area contributed by atoms with Crippen molar-refractivity contribution < 1.29 is 9.53 Å². The highest BCUT2D eigenvalue weighted by Gasteiger charge is 2.19. The summed E-state index contributed by atoms with van der Waals surface area (Å²) in [6.45, 7) is 2.78. The van der Waals surface area contributed by atoms with Crippen molar-refractivity contribution in [1.29, 1.82) is 0 Å². The number of H-pyrrole nitrogens is 1. The average molecular weight is 318 g/mol. The first kappa shape index (κ1) is 14.6. The molecule has 0 saturated heterocycles. The molecule has 0 fully saturated rings. The molecule has 0 atom stereocenters. The van der Waals surface area contributed by atoms with Crippen LogP contribution in [0.4, 0.5) is 0 Å². The summed E-state index contributed by atoms with van der Waals surface area (Å²) in [6.07, 6.45) is 0.941. The third-order valence-corrected chi connectivity index (χ3v) is 4.54. The molecule has 0 aliphatic rings. The summed E-state index contributed by atoms with van der Waals surface area (Å²) in [7, 11) is 1.65. The highest BCUT2D eigenvalue weighted by molar-refractivity contribution is 6.06. The topological polar surface area (TPSA) is 47.0 Å². The van der Waals surface area contributed by atoms with Crippen LogP contribution in [0.1, 0.15) is 17.4 Å². The van der Waals surface area contributed by atoms with Crippen molar-refractivity contribution in [3.8, 4) is 17.0 Å². The fourth-order valence-corrected chi connectivity index (χ4v) is 3.43. The second-order valence-electron chi connectivity index (χ2n) is 5.78. The number of methoxy groups -OCH3 is 1. The van der Waals surface area contributed by atoms with E-state index in [0.717, 1.165) is 51.6 Å². The number of carbonyl (C=O) groups excluding carboxylic acids is 1. The van der Waals surface area contributed by atoms with Crippen LogP contribution < -0.4 is 4.74 Å². The van der Waals surface area contributed by atoms with Gasteiger partial charge < -0.3 is 14.3 Å². The lowest BCUT2D eigenvalue weighted by atomic mass is 10.1. The van der Waals surface area contributed by atoms with E-state index in [2.05, 4.69) is 17.1 Å². The molecular weight excluding hydrogens is 300 g/mol. The molecule has 2 aromatic heterocycles. The lowest BCUT2D eigenvalue weighted by Crippen LogP contribution is -1.99.